The van der Waals surface area contributed by atoms with Gasteiger partial charge in [0, 0.05) is 10.5 Å². The first-order valence-electron chi connectivity index (χ1n) is 9.61. The number of ether oxygens (including phenoxy) is 1. The molecule has 0 radical (unpaired) electrons. The molecule has 1 aliphatic heterocycles. The highest BCUT2D eigenvalue weighted by Gasteiger charge is 2.46. The largest absolute Gasteiger partial charge is 0.394 e. The summed E-state index contributed by atoms with van der Waals surface area (Å²) < 4.78 is 60.9. The molecule has 5 unspecified atom stereocenters. The first-order valence-corrected chi connectivity index (χ1v) is 11.2. The van der Waals surface area contributed by atoms with E-state index >= 15 is 0 Å². The van der Waals surface area contributed by atoms with Gasteiger partial charge < -0.3 is 20.1 Å². The Labute approximate surface area is 203 Å². The Bertz CT molecular complexity index is 1170. The zero-order valence-electron chi connectivity index (χ0n) is 16.7. The van der Waals surface area contributed by atoms with Crippen LogP contribution in [0.25, 0.3) is 11.3 Å². The molecule has 1 aromatic heterocycles. The van der Waals surface area contributed by atoms with Crippen molar-refractivity contribution in [2.45, 2.75) is 34.7 Å². The van der Waals surface area contributed by atoms with Gasteiger partial charge in [0.2, 0.25) is 0 Å². The van der Waals surface area contributed by atoms with Gasteiger partial charge in [-0.15, -0.1) is 5.10 Å². The predicted octanol–water partition coefficient (Wildman–Crippen LogP) is 3.58. The molecule has 7 nitrogen and oxygen atoms in total. The minimum absolute atomic E-state index is 0.0643. The molecule has 182 valence electrons. The fraction of sp³-hybridized carbons (Fsp3) is 0.300. The summed E-state index contributed by atoms with van der Waals surface area (Å²) in [6, 6.07) is 2.76. The molecule has 3 aromatic rings. The van der Waals surface area contributed by atoms with Crippen LogP contribution in [0.3, 0.4) is 0 Å². The van der Waals surface area contributed by atoms with Gasteiger partial charge >= 0.3 is 0 Å². The van der Waals surface area contributed by atoms with Crippen molar-refractivity contribution in [3.05, 3.63) is 63.8 Å². The van der Waals surface area contributed by atoms with Gasteiger partial charge in [-0.1, -0.05) is 40.2 Å². The summed E-state index contributed by atoms with van der Waals surface area (Å²) in [4.78, 5) is 0.337. The van der Waals surface area contributed by atoms with Crippen LogP contribution in [0.5, 0.6) is 0 Å². The number of thioether (sulfide) groups is 1. The normalized spacial score (nSPS) is 25.0. The molecule has 1 saturated heterocycles. The van der Waals surface area contributed by atoms with Gasteiger partial charge in [0.15, 0.2) is 23.3 Å². The molecular weight excluding hydrogens is 525 g/mol. The van der Waals surface area contributed by atoms with Crippen molar-refractivity contribution in [2.24, 2.45) is 0 Å². The van der Waals surface area contributed by atoms with Crippen LogP contribution in [0.2, 0.25) is 10.0 Å². The summed E-state index contributed by atoms with van der Waals surface area (Å²) in [6.45, 7) is -0.623. The van der Waals surface area contributed by atoms with E-state index in [1.807, 2.05) is 0 Å². The van der Waals surface area contributed by atoms with Crippen LogP contribution in [-0.2, 0) is 4.74 Å². The third-order valence-corrected chi connectivity index (χ3v) is 6.83. The number of hydrogen-bond donors (Lipinski definition) is 3. The average molecular weight is 540 g/mol. The van der Waals surface area contributed by atoms with Crippen molar-refractivity contribution in [2.75, 3.05) is 6.61 Å². The lowest BCUT2D eigenvalue weighted by Crippen LogP contribution is -2.55. The van der Waals surface area contributed by atoms with Gasteiger partial charge in [-0.25, -0.2) is 22.2 Å². The fourth-order valence-electron chi connectivity index (χ4n) is 3.47. The van der Waals surface area contributed by atoms with Gasteiger partial charge in [0.1, 0.15) is 35.5 Å². The Morgan fingerprint density at radius 1 is 0.971 bits per heavy atom. The third-order valence-electron chi connectivity index (χ3n) is 5.15. The van der Waals surface area contributed by atoms with Crippen molar-refractivity contribution in [1.82, 2.24) is 15.0 Å². The van der Waals surface area contributed by atoms with Gasteiger partial charge in [-0.3, -0.25) is 0 Å². The summed E-state index contributed by atoms with van der Waals surface area (Å²) in [5, 5.41) is 38.4. The number of aromatic nitrogens is 3. The van der Waals surface area contributed by atoms with E-state index in [1.165, 1.54) is 18.3 Å². The predicted molar refractivity (Wildman–Crippen MR) is 114 cm³/mol. The molecule has 1 aliphatic rings. The first kappa shape index (κ1) is 25.2. The smallest absolute Gasteiger partial charge is 0.194 e. The number of rotatable bonds is 5. The van der Waals surface area contributed by atoms with Gasteiger partial charge in [-0.05, 0) is 24.3 Å². The highest BCUT2D eigenvalue weighted by molar-refractivity contribution is 7.99. The Morgan fingerprint density at radius 2 is 1.59 bits per heavy atom. The molecule has 14 heteroatoms. The van der Waals surface area contributed by atoms with Gasteiger partial charge in [-0.2, -0.15) is 0 Å². The third kappa shape index (κ3) is 4.76. The van der Waals surface area contributed by atoms with E-state index < -0.39 is 59.7 Å². The second kappa shape index (κ2) is 9.97. The highest BCUT2D eigenvalue weighted by atomic mass is 35.5. The summed E-state index contributed by atoms with van der Waals surface area (Å²) in [5.74, 6) is -5.31. The molecule has 0 saturated carbocycles. The van der Waals surface area contributed by atoms with Crippen LogP contribution in [0.15, 0.2) is 35.4 Å². The maximum Gasteiger partial charge on any atom is 0.194 e. The minimum Gasteiger partial charge on any atom is -0.394 e. The Hall–Kier alpha value is -1.93. The van der Waals surface area contributed by atoms with Crippen molar-refractivity contribution < 1.29 is 37.6 Å². The quantitative estimate of drug-likeness (QED) is 0.336. The van der Waals surface area contributed by atoms with Crippen LogP contribution in [0.1, 0.15) is 6.04 Å². The van der Waals surface area contributed by atoms with Crippen LogP contribution >= 0.6 is 35.0 Å². The van der Waals surface area contributed by atoms with Gasteiger partial charge in [0.25, 0.3) is 0 Å². The number of aliphatic hydroxyl groups is 3. The van der Waals surface area contributed by atoms with Crippen molar-refractivity contribution in [3.8, 4) is 11.3 Å². The van der Waals surface area contributed by atoms with Crippen LogP contribution in [0.4, 0.5) is 17.6 Å². The average Bonchev–Trinajstić information content (AvgIpc) is 3.27. The summed E-state index contributed by atoms with van der Waals surface area (Å²) in [5.41, 5.74) is -1.29. The lowest BCUT2D eigenvalue weighted by molar-refractivity contribution is -0.178. The fourth-order valence-corrected chi connectivity index (χ4v) is 5.23. The standard InChI is InChI=1S/C20H15Cl2F4N3O4S/c21-9-3-8(4-10(22)15(9)25)34-20-19(32)17(18(31)14(6-30)33-20)29-5-13(27-28-29)7-1-11(23)16(26)12(24)2-7/h1-5,14,17-20,30-32H,6H2. The van der Waals surface area contributed by atoms with Gasteiger partial charge in [0.05, 0.1) is 22.8 Å². The Kier molecular flexibility index (Phi) is 7.38. The van der Waals surface area contributed by atoms with Crippen LogP contribution in [-0.4, -0.2) is 60.7 Å². The molecule has 2 heterocycles. The van der Waals surface area contributed by atoms with E-state index in [0.29, 0.717) is 4.90 Å². The maximum absolute atomic E-state index is 13.7. The van der Waals surface area contributed by atoms with Crippen molar-refractivity contribution >= 4 is 35.0 Å². The molecule has 34 heavy (non-hydrogen) atoms. The van der Waals surface area contributed by atoms with E-state index in [-0.39, 0.29) is 21.3 Å². The van der Waals surface area contributed by atoms with Crippen LogP contribution in [0, 0.1) is 23.3 Å². The maximum atomic E-state index is 13.7. The van der Waals surface area contributed by atoms with E-state index in [4.69, 9.17) is 27.9 Å². The summed E-state index contributed by atoms with van der Waals surface area (Å²) >= 11 is 12.5. The lowest BCUT2D eigenvalue weighted by atomic mass is 9.97. The van der Waals surface area contributed by atoms with E-state index in [9.17, 15) is 32.9 Å². The number of aliphatic hydroxyl groups excluding tert-OH is 3. The first-order chi connectivity index (χ1) is 16.1. The Morgan fingerprint density at radius 3 is 2.18 bits per heavy atom. The molecule has 3 N–H and O–H groups in total. The minimum atomic E-state index is -1.64. The second-order valence-corrected chi connectivity index (χ2v) is 9.34. The topological polar surface area (TPSA) is 101 Å². The molecule has 0 amide bonds. The summed E-state index contributed by atoms with van der Waals surface area (Å²) in [7, 11) is 0. The molecule has 0 bridgehead atoms. The number of nitrogens with zero attached hydrogens (tertiary/aromatic N) is 3. The lowest BCUT2D eigenvalue weighted by Gasteiger charge is -2.41. The number of halogens is 6. The molecule has 5 atom stereocenters. The molecule has 2 aromatic carbocycles. The molecule has 0 spiro atoms. The molecule has 1 fully saturated rings. The zero-order chi connectivity index (χ0) is 24.7. The van der Waals surface area contributed by atoms with E-state index in [0.717, 1.165) is 28.6 Å². The van der Waals surface area contributed by atoms with Crippen LogP contribution < -0.4 is 0 Å². The number of hydrogen-bond acceptors (Lipinski definition) is 7. The Balaban J connectivity index is 1.64. The molecule has 0 aliphatic carbocycles. The SMILES string of the molecule is OCC1OC(Sc2cc(Cl)c(F)c(Cl)c2)C(O)C(n2cc(-c3cc(F)c(F)c(F)c3)nn2)C1O. The van der Waals surface area contributed by atoms with E-state index in [1.54, 1.807) is 0 Å². The zero-order valence-corrected chi connectivity index (χ0v) is 19.1. The van der Waals surface area contributed by atoms with Crippen molar-refractivity contribution in [1.29, 1.82) is 0 Å². The monoisotopic (exact) mass is 539 g/mol. The highest BCUT2D eigenvalue weighted by Crippen LogP contribution is 2.40. The number of benzene rings is 2. The van der Waals surface area contributed by atoms with Crippen molar-refractivity contribution in [3.63, 3.8) is 0 Å². The summed E-state index contributed by atoms with van der Waals surface area (Å²) in [6.07, 6.45) is -2.89. The molecular formula is C20H15Cl2F4N3O4S. The second-order valence-electron chi connectivity index (χ2n) is 7.35. The van der Waals surface area contributed by atoms with E-state index in [2.05, 4.69) is 10.3 Å². The molecule has 4 rings (SSSR count).